The molecule has 22 heavy (non-hydrogen) atoms. The predicted octanol–water partition coefficient (Wildman–Crippen LogP) is 2.75. The van der Waals surface area contributed by atoms with Crippen molar-refractivity contribution >= 4 is 23.7 Å². The van der Waals surface area contributed by atoms with Crippen LogP contribution in [0.15, 0.2) is 24.3 Å². The highest BCUT2D eigenvalue weighted by molar-refractivity contribution is 6.30. The average molecular weight is 328 g/mol. The number of carbonyl (C=O) groups excluding carboxylic acids is 2. The van der Waals surface area contributed by atoms with Gasteiger partial charge in [0.15, 0.2) is 0 Å². The van der Waals surface area contributed by atoms with E-state index in [1.807, 2.05) is 6.07 Å². The highest BCUT2D eigenvalue weighted by Gasteiger charge is 2.26. The van der Waals surface area contributed by atoms with Gasteiger partial charge in [-0.15, -0.1) is 0 Å². The van der Waals surface area contributed by atoms with Gasteiger partial charge in [0.1, 0.15) is 5.60 Å². The molecule has 0 aliphatic rings. The fourth-order valence-corrected chi connectivity index (χ4v) is 1.85. The van der Waals surface area contributed by atoms with Gasteiger partial charge in [0.05, 0.1) is 0 Å². The molecule has 3 N–H and O–H groups in total. The van der Waals surface area contributed by atoms with Crippen LogP contribution in [0.1, 0.15) is 26.3 Å². The number of hydrogen-bond donors (Lipinski definition) is 2. The van der Waals surface area contributed by atoms with E-state index in [9.17, 15) is 9.59 Å². The Hall–Kier alpha value is -1.79. The number of urea groups is 1. The molecule has 7 heteroatoms. The molecule has 1 rings (SSSR count). The summed E-state index contributed by atoms with van der Waals surface area (Å²) in [6, 6.07) is 6.54. The van der Waals surface area contributed by atoms with E-state index in [0.717, 1.165) is 10.5 Å². The Kier molecular flexibility index (Phi) is 6.64. The van der Waals surface area contributed by atoms with Crippen LogP contribution in [0.2, 0.25) is 5.02 Å². The summed E-state index contributed by atoms with van der Waals surface area (Å²) < 4.78 is 5.19. The number of hydrogen-bond acceptors (Lipinski definition) is 4. The monoisotopic (exact) mass is 327 g/mol. The van der Waals surface area contributed by atoms with Crippen LogP contribution in [0.4, 0.5) is 9.59 Å². The Bertz CT molecular complexity index is 529. The molecular weight excluding hydrogens is 306 g/mol. The SMILES string of the molecule is CC(C)(C)OC(=O)N(CCN)C(=O)NCc1cccc(Cl)c1. The van der Waals surface area contributed by atoms with Crippen LogP contribution in [0.3, 0.4) is 0 Å². The molecule has 0 aliphatic heterocycles. The molecule has 6 nitrogen and oxygen atoms in total. The van der Waals surface area contributed by atoms with Crippen molar-refractivity contribution in [3.63, 3.8) is 0 Å². The van der Waals surface area contributed by atoms with Crippen LogP contribution in [-0.2, 0) is 11.3 Å². The van der Waals surface area contributed by atoms with E-state index in [1.165, 1.54) is 0 Å². The zero-order chi connectivity index (χ0) is 16.8. The van der Waals surface area contributed by atoms with Crippen molar-refractivity contribution < 1.29 is 14.3 Å². The molecule has 1 aromatic rings. The fourth-order valence-electron chi connectivity index (χ4n) is 1.64. The second-order valence-electron chi connectivity index (χ2n) is 5.71. The molecule has 0 unspecified atom stereocenters. The molecule has 1 aromatic carbocycles. The van der Waals surface area contributed by atoms with E-state index in [0.29, 0.717) is 5.02 Å². The molecule has 0 aromatic heterocycles. The Morgan fingerprint density at radius 3 is 2.59 bits per heavy atom. The third-order valence-corrected chi connectivity index (χ3v) is 2.78. The summed E-state index contributed by atoms with van der Waals surface area (Å²) in [5, 5.41) is 3.23. The van der Waals surface area contributed by atoms with E-state index in [4.69, 9.17) is 22.1 Å². The smallest absolute Gasteiger partial charge is 0.418 e. The topological polar surface area (TPSA) is 84.7 Å². The molecule has 3 amide bonds. The number of carbonyl (C=O) groups is 2. The number of nitrogens with zero attached hydrogens (tertiary/aromatic N) is 1. The van der Waals surface area contributed by atoms with E-state index in [2.05, 4.69) is 5.32 Å². The van der Waals surface area contributed by atoms with Crippen molar-refractivity contribution in [3.8, 4) is 0 Å². The lowest BCUT2D eigenvalue weighted by Gasteiger charge is -2.26. The zero-order valence-corrected chi connectivity index (χ0v) is 13.8. The lowest BCUT2D eigenvalue weighted by atomic mass is 10.2. The van der Waals surface area contributed by atoms with Gasteiger partial charge in [-0.3, -0.25) is 0 Å². The molecule has 0 aliphatic carbocycles. The van der Waals surface area contributed by atoms with Gasteiger partial charge in [-0.25, -0.2) is 14.5 Å². The Morgan fingerprint density at radius 1 is 1.36 bits per heavy atom. The van der Waals surface area contributed by atoms with Gasteiger partial charge in [0.25, 0.3) is 0 Å². The number of halogens is 1. The maximum atomic E-state index is 12.1. The normalized spacial score (nSPS) is 11.0. The van der Waals surface area contributed by atoms with E-state index >= 15 is 0 Å². The third kappa shape index (κ3) is 6.32. The summed E-state index contributed by atoms with van der Waals surface area (Å²) in [7, 11) is 0. The quantitative estimate of drug-likeness (QED) is 0.890. The van der Waals surface area contributed by atoms with Crippen molar-refractivity contribution in [1.82, 2.24) is 10.2 Å². The van der Waals surface area contributed by atoms with Gasteiger partial charge in [-0.2, -0.15) is 0 Å². The lowest BCUT2D eigenvalue weighted by molar-refractivity contribution is 0.0325. The zero-order valence-electron chi connectivity index (χ0n) is 13.1. The minimum absolute atomic E-state index is 0.0797. The van der Waals surface area contributed by atoms with Crippen LogP contribution in [-0.4, -0.2) is 35.7 Å². The molecular formula is C15H22ClN3O3. The predicted molar refractivity (Wildman–Crippen MR) is 85.7 cm³/mol. The number of ether oxygens (including phenoxy) is 1. The third-order valence-electron chi connectivity index (χ3n) is 2.54. The van der Waals surface area contributed by atoms with Crippen LogP contribution in [0.25, 0.3) is 0 Å². The van der Waals surface area contributed by atoms with Crippen LogP contribution in [0, 0.1) is 0 Å². The van der Waals surface area contributed by atoms with Gasteiger partial charge < -0.3 is 15.8 Å². The molecule has 122 valence electrons. The highest BCUT2D eigenvalue weighted by Crippen LogP contribution is 2.12. The summed E-state index contributed by atoms with van der Waals surface area (Å²) in [5.41, 5.74) is 5.60. The minimum atomic E-state index is -0.721. The van der Waals surface area contributed by atoms with Crippen molar-refractivity contribution in [2.75, 3.05) is 13.1 Å². The molecule has 0 heterocycles. The van der Waals surface area contributed by atoms with Gasteiger partial charge in [0.2, 0.25) is 0 Å². The second kappa shape index (κ2) is 8.00. The van der Waals surface area contributed by atoms with Crippen molar-refractivity contribution in [2.45, 2.75) is 32.9 Å². The van der Waals surface area contributed by atoms with E-state index in [-0.39, 0.29) is 19.6 Å². The van der Waals surface area contributed by atoms with Gasteiger partial charge >= 0.3 is 12.1 Å². The van der Waals surface area contributed by atoms with Crippen LogP contribution >= 0.6 is 11.6 Å². The van der Waals surface area contributed by atoms with Gasteiger partial charge in [-0.05, 0) is 38.5 Å². The fraction of sp³-hybridized carbons (Fsp3) is 0.467. The number of rotatable bonds is 4. The highest BCUT2D eigenvalue weighted by atomic mass is 35.5. The molecule has 0 fully saturated rings. The van der Waals surface area contributed by atoms with Crippen LogP contribution < -0.4 is 11.1 Å². The Balaban J connectivity index is 2.67. The summed E-state index contributed by atoms with van der Waals surface area (Å²) in [6.45, 7) is 5.68. The van der Waals surface area contributed by atoms with E-state index < -0.39 is 17.7 Å². The molecule has 0 radical (unpaired) electrons. The van der Waals surface area contributed by atoms with Gasteiger partial charge in [0, 0.05) is 24.7 Å². The first-order chi connectivity index (χ1) is 10.2. The minimum Gasteiger partial charge on any atom is -0.443 e. The maximum absolute atomic E-state index is 12.1. The molecule has 0 atom stereocenters. The first-order valence-electron chi connectivity index (χ1n) is 6.96. The number of benzene rings is 1. The number of nitrogens with two attached hydrogens (primary N) is 1. The van der Waals surface area contributed by atoms with Crippen molar-refractivity contribution in [2.24, 2.45) is 5.73 Å². The number of nitrogens with one attached hydrogen (secondary N) is 1. The average Bonchev–Trinajstić information content (AvgIpc) is 2.40. The molecule has 0 bridgehead atoms. The van der Waals surface area contributed by atoms with Crippen LogP contribution in [0.5, 0.6) is 0 Å². The number of imide groups is 1. The molecule has 0 saturated heterocycles. The van der Waals surface area contributed by atoms with E-state index in [1.54, 1.807) is 39.0 Å². The summed E-state index contributed by atoms with van der Waals surface area (Å²) in [5.74, 6) is 0. The van der Waals surface area contributed by atoms with Gasteiger partial charge in [-0.1, -0.05) is 23.7 Å². The summed E-state index contributed by atoms with van der Waals surface area (Å²) >= 11 is 5.88. The number of amides is 3. The summed E-state index contributed by atoms with van der Waals surface area (Å²) in [6.07, 6.45) is -0.721. The summed E-state index contributed by atoms with van der Waals surface area (Å²) in [4.78, 5) is 25.1. The maximum Gasteiger partial charge on any atom is 0.418 e. The first-order valence-corrected chi connectivity index (χ1v) is 7.33. The second-order valence-corrected chi connectivity index (χ2v) is 6.15. The molecule has 0 saturated carbocycles. The Labute approximate surface area is 135 Å². The largest absolute Gasteiger partial charge is 0.443 e. The first kappa shape index (κ1) is 18.3. The van der Waals surface area contributed by atoms with Crippen molar-refractivity contribution in [3.05, 3.63) is 34.9 Å². The molecule has 0 spiro atoms. The lowest BCUT2D eigenvalue weighted by Crippen LogP contribution is -2.47. The standard InChI is InChI=1S/C15H22ClN3O3/c1-15(2,3)22-14(21)19(8-7-17)13(20)18-10-11-5-4-6-12(16)9-11/h4-6,9H,7-8,10,17H2,1-3H3,(H,18,20). The van der Waals surface area contributed by atoms with Crippen molar-refractivity contribution in [1.29, 1.82) is 0 Å². The Morgan fingerprint density at radius 2 is 2.05 bits per heavy atom.